The summed E-state index contributed by atoms with van der Waals surface area (Å²) in [6.07, 6.45) is 0.642. The Hall–Kier alpha value is -1.89. The van der Waals surface area contributed by atoms with Crippen LogP contribution in [0.1, 0.15) is 18.4 Å². The van der Waals surface area contributed by atoms with Crippen molar-refractivity contribution in [3.8, 4) is 0 Å². The number of rotatable bonds is 5. The van der Waals surface area contributed by atoms with Gasteiger partial charge in [0, 0.05) is 10.2 Å². The van der Waals surface area contributed by atoms with Crippen molar-refractivity contribution in [3.05, 3.63) is 28.2 Å². The Morgan fingerprint density at radius 3 is 2.52 bits per heavy atom. The Morgan fingerprint density at radius 1 is 1.33 bits per heavy atom. The smallest absolute Gasteiger partial charge is 0.319 e. The second-order valence-electron chi connectivity index (χ2n) is 5.08. The van der Waals surface area contributed by atoms with Crippen LogP contribution >= 0.6 is 15.9 Å². The third-order valence-corrected chi connectivity index (χ3v) is 4.33. The number of benzene rings is 1. The van der Waals surface area contributed by atoms with Crippen LogP contribution in [0.15, 0.2) is 22.7 Å². The van der Waals surface area contributed by atoms with Crippen LogP contribution in [0, 0.1) is 12.3 Å². The van der Waals surface area contributed by atoms with Crippen LogP contribution in [0.3, 0.4) is 0 Å². The molecule has 0 unspecified atom stereocenters. The zero-order valence-electron chi connectivity index (χ0n) is 11.4. The normalized spacial score (nSPS) is 15.1. The number of carboxylic acid groups (broad SMARTS) is 1. The number of hydrogen-bond acceptors (Lipinski definition) is 3. The molecule has 0 atom stereocenters. The maximum Gasteiger partial charge on any atom is 0.319 e. The summed E-state index contributed by atoms with van der Waals surface area (Å²) in [7, 11) is 0. The summed E-state index contributed by atoms with van der Waals surface area (Å²) >= 11 is 3.36. The molecule has 6 nitrogen and oxygen atoms in total. The van der Waals surface area contributed by atoms with E-state index in [1.54, 1.807) is 12.1 Å². The minimum absolute atomic E-state index is 0.247. The lowest BCUT2D eigenvalue weighted by atomic mass is 10.1. The van der Waals surface area contributed by atoms with Gasteiger partial charge in [-0.25, -0.2) is 0 Å². The maximum atomic E-state index is 11.7. The quantitative estimate of drug-likeness (QED) is 0.701. The zero-order valence-corrected chi connectivity index (χ0v) is 13.0. The first-order valence-electron chi connectivity index (χ1n) is 6.43. The summed E-state index contributed by atoms with van der Waals surface area (Å²) in [5.41, 5.74) is 0.267. The SMILES string of the molecule is Cc1cc(NC(=O)CNC(=O)C2(C(=O)O)CC2)ccc1Br. The number of aryl methyl sites for hydroxylation is 1. The van der Waals surface area contributed by atoms with Crippen molar-refractivity contribution in [1.29, 1.82) is 0 Å². The minimum atomic E-state index is -1.32. The number of hydrogen-bond donors (Lipinski definition) is 3. The fourth-order valence-electron chi connectivity index (χ4n) is 1.92. The van der Waals surface area contributed by atoms with Crippen LogP contribution in [0.2, 0.25) is 0 Å². The molecule has 1 aromatic carbocycles. The highest BCUT2D eigenvalue weighted by Crippen LogP contribution is 2.45. The molecular weight excluding hydrogens is 340 g/mol. The molecule has 1 fully saturated rings. The van der Waals surface area contributed by atoms with E-state index in [0.29, 0.717) is 18.5 Å². The molecule has 2 rings (SSSR count). The van der Waals surface area contributed by atoms with Crippen molar-refractivity contribution < 1.29 is 19.5 Å². The van der Waals surface area contributed by atoms with E-state index in [0.717, 1.165) is 10.0 Å². The first kappa shape index (κ1) is 15.5. The van der Waals surface area contributed by atoms with Gasteiger partial charge in [-0.2, -0.15) is 0 Å². The molecule has 1 aliphatic carbocycles. The third-order valence-electron chi connectivity index (χ3n) is 3.45. The van der Waals surface area contributed by atoms with Gasteiger partial charge in [0.15, 0.2) is 0 Å². The molecule has 0 saturated heterocycles. The summed E-state index contributed by atoms with van der Waals surface area (Å²) < 4.78 is 0.936. The van der Waals surface area contributed by atoms with Crippen molar-refractivity contribution in [1.82, 2.24) is 5.32 Å². The van der Waals surface area contributed by atoms with E-state index in [1.165, 1.54) is 0 Å². The van der Waals surface area contributed by atoms with Gasteiger partial charge in [0.05, 0.1) is 6.54 Å². The van der Waals surface area contributed by atoms with E-state index in [9.17, 15) is 14.4 Å². The maximum absolute atomic E-state index is 11.7. The van der Waals surface area contributed by atoms with Crippen molar-refractivity contribution in [3.63, 3.8) is 0 Å². The molecule has 0 aliphatic heterocycles. The standard InChI is InChI=1S/C14H15BrN2O4/c1-8-6-9(2-3-10(8)15)17-11(18)7-16-12(19)14(4-5-14)13(20)21/h2-3,6H,4-5,7H2,1H3,(H,16,19)(H,17,18)(H,20,21). The molecule has 0 spiro atoms. The highest BCUT2D eigenvalue weighted by atomic mass is 79.9. The van der Waals surface area contributed by atoms with Gasteiger partial charge in [-0.1, -0.05) is 15.9 Å². The van der Waals surface area contributed by atoms with E-state index in [2.05, 4.69) is 26.6 Å². The fourth-order valence-corrected chi connectivity index (χ4v) is 2.17. The molecule has 1 saturated carbocycles. The summed E-state index contributed by atoms with van der Waals surface area (Å²) in [6, 6.07) is 5.34. The molecule has 2 amide bonds. The number of halogens is 1. The van der Waals surface area contributed by atoms with E-state index in [1.807, 2.05) is 13.0 Å². The van der Waals surface area contributed by atoms with E-state index in [4.69, 9.17) is 5.11 Å². The third kappa shape index (κ3) is 3.41. The molecule has 21 heavy (non-hydrogen) atoms. The molecule has 0 aromatic heterocycles. The number of anilines is 1. The first-order chi connectivity index (χ1) is 9.85. The lowest BCUT2D eigenvalue weighted by Crippen LogP contribution is -2.40. The molecule has 0 radical (unpaired) electrons. The van der Waals surface area contributed by atoms with Gasteiger partial charge in [-0.3, -0.25) is 14.4 Å². The summed E-state index contributed by atoms with van der Waals surface area (Å²) in [4.78, 5) is 34.5. The molecular formula is C14H15BrN2O4. The largest absolute Gasteiger partial charge is 0.480 e. The number of amides is 2. The van der Waals surface area contributed by atoms with Crippen LogP contribution in [0.4, 0.5) is 5.69 Å². The average molecular weight is 355 g/mol. The lowest BCUT2D eigenvalue weighted by Gasteiger charge is -2.11. The summed E-state index contributed by atoms with van der Waals surface area (Å²) in [5.74, 6) is -2.13. The predicted molar refractivity (Wildman–Crippen MR) is 79.8 cm³/mol. The van der Waals surface area contributed by atoms with E-state index >= 15 is 0 Å². The van der Waals surface area contributed by atoms with Gasteiger partial charge in [-0.05, 0) is 43.5 Å². The highest BCUT2D eigenvalue weighted by Gasteiger charge is 2.57. The molecule has 0 bridgehead atoms. The van der Waals surface area contributed by atoms with Gasteiger partial charge in [-0.15, -0.1) is 0 Å². The predicted octanol–water partition coefficient (Wildman–Crippen LogP) is 1.68. The first-order valence-corrected chi connectivity index (χ1v) is 7.22. The van der Waals surface area contributed by atoms with Gasteiger partial charge in [0.1, 0.15) is 5.41 Å². The highest BCUT2D eigenvalue weighted by molar-refractivity contribution is 9.10. The Labute approximate surface area is 130 Å². The molecule has 3 N–H and O–H groups in total. The van der Waals surface area contributed by atoms with Gasteiger partial charge >= 0.3 is 5.97 Å². The number of nitrogens with one attached hydrogen (secondary N) is 2. The molecule has 0 heterocycles. The number of carbonyl (C=O) groups is 3. The fraction of sp³-hybridized carbons (Fsp3) is 0.357. The van der Waals surface area contributed by atoms with Crippen molar-refractivity contribution in [2.45, 2.75) is 19.8 Å². The number of carbonyl (C=O) groups excluding carboxylic acids is 2. The Kier molecular flexibility index (Phi) is 4.32. The number of aliphatic carboxylic acids is 1. The second-order valence-corrected chi connectivity index (χ2v) is 5.94. The second kappa shape index (κ2) is 5.85. The molecule has 112 valence electrons. The van der Waals surface area contributed by atoms with Crippen molar-refractivity contribution >= 4 is 39.4 Å². The van der Waals surface area contributed by atoms with E-state index in [-0.39, 0.29) is 6.54 Å². The van der Waals surface area contributed by atoms with Crippen molar-refractivity contribution in [2.24, 2.45) is 5.41 Å². The van der Waals surface area contributed by atoms with Gasteiger partial charge < -0.3 is 15.7 Å². The van der Waals surface area contributed by atoms with Crippen LogP contribution in [0.25, 0.3) is 0 Å². The zero-order chi connectivity index (χ0) is 15.6. The van der Waals surface area contributed by atoms with Gasteiger partial charge in [0.25, 0.3) is 0 Å². The minimum Gasteiger partial charge on any atom is -0.480 e. The summed E-state index contributed by atoms with van der Waals surface area (Å²) in [6.45, 7) is 1.65. The van der Waals surface area contributed by atoms with Crippen molar-refractivity contribution in [2.75, 3.05) is 11.9 Å². The van der Waals surface area contributed by atoms with Crippen LogP contribution in [-0.2, 0) is 14.4 Å². The lowest BCUT2D eigenvalue weighted by molar-refractivity contribution is -0.149. The average Bonchev–Trinajstić information content (AvgIpc) is 3.22. The molecule has 7 heteroatoms. The Morgan fingerprint density at radius 2 is 2.00 bits per heavy atom. The summed E-state index contributed by atoms with van der Waals surface area (Å²) in [5, 5.41) is 14.0. The van der Waals surface area contributed by atoms with Gasteiger partial charge in [0.2, 0.25) is 11.8 Å². The Bertz CT molecular complexity index is 611. The van der Waals surface area contributed by atoms with E-state index < -0.39 is 23.2 Å². The topological polar surface area (TPSA) is 95.5 Å². The monoisotopic (exact) mass is 354 g/mol. The van der Waals surface area contributed by atoms with Crippen LogP contribution in [0.5, 0.6) is 0 Å². The van der Waals surface area contributed by atoms with Crippen LogP contribution < -0.4 is 10.6 Å². The Balaban J connectivity index is 1.86. The molecule has 1 aromatic rings. The van der Waals surface area contributed by atoms with Crippen LogP contribution in [-0.4, -0.2) is 29.4 Å². The molecule has 1 aliphatic rings. The number of carboxylic acids is 1.